The Balaban J connectivity index is 0.0000980. The Hall–Kier alpha value is -11.0. The standard InChI is InChI=1S/C54H108N36O9.ClH/c55-46(56)73-19-1-10-28-37(91)83-30(12-3-21-75-48(59)60)39(93)85-32(14-5-23-77-50(63)64)41(95)87-34(16-7-25-79-52(67)68)43(97)89-36(18-9-27-81-54(71)72)45(99)90-35(17-8-26-80-53(69)70)44(98)88-33(15-6-24-78-51(65)66)42(96)86-31(13-4-22-76-49(61)62)40(94)84-29(38(92)82-28)11-2-20-74-47(57)58;/h28-36H,1-27H2,(H,82,92)(H,83,91)(H,84,94)(H,85,93)(H,86,96)(H,87,95)(H,88,98)(H,89,97)(H,90,99)(H4,55,56,73)(H4,57,58,74)(H4,59,60,75)(H4,61,62,76)(H4,63,64,77)(H4,65,66,78)(H4,67,68,79)(H4,69,70,80)(H4,71,72,81);1H/t28-,29-,30-,31-,32-,33-,34-,35-,36-;/m0./s1. The summed E-state index contributed by atoms with van der Waals surface area (Å²) in [6.45, 7) is -0.527. The average molecular weight is 1440 g/mol. The maximum absolute atomic E-state index is 14.8. The van der Waals surface area contributed by atoms with Crippen molar-refractivity contribution >= 4 is 119 Å². The lowest BCUT2D eigenvalue weighted by Crippen LogP contribution is -2.60. The number of guanidine groups is 9. The molecule has 0 aromatic heterocycles. The Morgan fingerprint density at radius 3 is 0.340 bits per heavy atom. The minimum absolute atomic E-state index is 0. The third-order valence-electron chi connectivity index (χ3n) is 14.2. The van der Waals surface area contributed by atoms with Crippen molar-refractivity contribution in [1.82, 2.24) is 47.9 Å². The summed E-state index contributed by atoms with van der Waals surface area (Å²) in [6, 6.07) is -13.9. The highest BCUT2D eigenvalue weighted by molar-refractivity contribution is 5.99. The molecule has 45 nitrogen and oxygen atoms in total. The van der Waals surface area contributed by atoms with Gasteiger partial charge in [-0.3, -0.25) is 88.1 Å². The summed E-state index contributed by atoms with van der Waals surface area (Å²) in [7, 11) is 0. The van der Waals surface area contributed by atoms with Crippen LogP contribution in [0, 0.1) is 0 Å². The summed E-state index contributed by atoms with van der Waals surface area (Å²) >= 11 is 0. The Bertz CT molecular complexity index is 2270. The predicted molar refractivity (Wildman–Crippen MR) is 384 cm³/mol. The number of nitrogens with two attached hydrogens (primary N) is 18. The van der Waals surface area contributed by atoms with Crippen LogP contribution in [-0.4, -0.2) is 220 Å². The molecule has 1 rings (SSSR count). The molecule has 0 unspecified atom stereocenters. The number of halogens is 1. The second kappa shape index (κ2) is 50.3. The summed E-state index contributed by atoms with van der Waals surface area (Å²) in [4.78, 5) is 169. The van der Waals surface area contributed by atoms with E-state index in [9.17, 15) is 43.2 Å². The van der Waals surface area contributed by atoms with Gasteiger partial charge >= 0.3 is 0 Å². The molecule has 1 aliphatic heterocycles. The van der Waals surface area contributed by atoms with Crippen molar-refractivity contribution in [3.8, 4) is 0 Å². The van der Waals surface area contributed by atoms with Gasteiger partial charge in [0.1, 0.15) is 54.4 Å². The number of aliphatic imine (C=N–C) groups is 9. The highest BCUT2D eigenvalue weighted by atomic mass is 35.5. The van der Waals surface area contributed by atoms with Crippen molar-refractivity contribution < 1.29 is 43.2 Å². The van der Waals surface area contributed by atoms with E-state index in [0.717, 1.165) is 0 Å². The van der Waals surface area contributed by atoms with Crippen LogP contribution in [-0.2, 0) is 43.2 Å². The lowest BCUT2D eigenvalue weighted by molar-refractivity contribution is -0.136. The number of carbonyl (C=O) groups excluding carboxylic acids is 9. The van der Waals surface area contributed by atoms with Crippen LogP contribution >= 0.6 is 12.4 Å². The Morgan fingerprint density at radius 1 is 0.190 bits per heavy atom. The molecule has 566 valence electrons. The van der Waals surface area contributed by atoms with Gasteiger partial charge in [0.25, 0.3) is 0 Å². The summed E-state index contributed by atoms with van der Waals surface area (Å²) in [5.74, 6) is -11.3. The lowest BCUT2D eigenvalue weighted by atomic mass is 10.0. The number of nitrogens with zero attached hydrogens (tertiary/aromatic N) is 9. The maximum Gasteiger partial charge on any atom is 0.243 e. The van der Waals surface area contributed by atoms with Crippen LogP contribution in [0.2, 0.25) is 0 Å². The topological polar surface area (TPSA) is 841 Å². The molecular formula is C54H109ClN36O9. The fourth-order valence-electron chi connectivity index (χ4n) is 9.40. The number of carbonyl (C=O) groups is 9. The molecule has 0 aromatic carbocycles. The third kappa shape index (κ3) is 41.8. The summed E-state index contributed by atoms with van der Waals surface area (Å²) < 4.78 is 0. The maximum atomic E-state index is 14.8. The van der Waals surface area contributed by atoms with Gasteiger partial charge in [0, 0.05) is 58.9 Å². The highest BCUT2D eigenvalue weighted by Gasteiger charge is 2.36. The zero-order valence-corrected chi connectivity index (χ0v) is 57.1. The van der Waals surface area contributed by atoms with Crippen LogP contribution < -0.4 is 151 Å². The second-order valence-corrected chi connectivity index (χ2v) is 22.6. The molecule has 0 saturated carbocycles. The fourth-order valence-corrected chi connectivity index (χ4v) is 9.40. The molecule has 1 heterocycles. The SMILES string of the molecule is Cl.NC(N)=NCCC[C@@H]1NC(=O)[C@H](CCCN=C(N)N)NC(=O)[C@H](CCCN=C(N)N)NC(=O)[C@H](CCCN=C(N)N)NC(=O)[C@H](CCCN=C(N)N)NC(=O)[C@H](CCCN=C(N)N)NC(=O)[C@H](CCCN=C(N)N)NC(=O)[C@H](CCCN=C(N)N)NC(=O)[C@H](CCCN=C(N)N)NC1=O. The van der Waals surface area contributed by atoms with Crippen molar-refractivity contribution in [2.24, 2.45) is 148 Å². The fraction of sp³-hybridized carbons (Fsp3) is 0.667. The van der Waals surface area contributed by atoms with Crippen LogP contribution in [0.3, 0.4) is 0 Å². The van der Waals surface area contributed by atoms with Gasteiger partial charge in [-0.15, -0.1) is 12.4 Å². The molecule has 100 heavy (non-hydrogen) atoms. The molecule has 0 spiro atoms. The van der Waals surface area contributed by atoms with Gasteiger partial charge in [0.2, 0.25) is 53.2 Å². The Kier molecular flexibility index (Phi) is 44.8. The van der Waals surface area contributed by atoms with Crippen molar-refractivity contribution in [3.05, 3.63) is 0 Å². The van der Waals surface area contributed by atoms with Crippen LogP contribution in [0.1, 0.15) is 116 Å². The predicted octanol–water partition coefficient (Wildman–Crippen LogP) is -12.7. The van der Waals surface area contributed by atoms with Gasteiger partial charge in [0.15, 0.2) is 53.6 Å². The Morgan fingerprint density at radius 2 is 0.270 bits per heavy atom. The molecule has 0 radical (unpaired) electrons. The first-order chi connectivity index (χ1) is 46.8. The first kappa shape index (κ1) is 89.0. The van der Waals surface area contributed by atoms with Crippen molar-refractivity contribution in [3.63, 3.8) is 0 Å². The van der Waals surface area contributed by atoms with E-state index in [1.807, 2.05) is 0 Å². The second-order valence-electron chi connectivity index (χ2n) is 22.6. The van der Waals surface area contributed by atoms with Gasteiger partial charge in [-0.2, -0.15) is 0 Å². The smallest absolute Gasteiger partial charge is 0.243 e. The van der Waals surface area contributed by atoms with E-state index in [2.05, 4.69) is 92.8 Å². The average Bonchev–Trinajstić information content (AvgIpc) is 0.889. The zero-order valence-electron chi connectivity index (χ0n) is 56.3. The van der Waals surface area contributed by atoms with Crippen molar-refractivity contribution in [1.29, 1.82) is 0 Å². The van der Waals surface area contributed by atoms with Gasteiger partial charge in [-0.05, 0) is 116 Å². The molecule has 9 atom stereocenters. The largest absolute Gasteiger partial charge is 0.370 e. The molecule has 0 aromatic rings. The van der Waals surface area contributed by atoms with Gasteiger partial charge in [-0.1, -0.05) is 0 Å². The third-order valence-corrected chi connectivity index (χ3v) is 14.2. The molecule has 0 bridgehead atoms. The minimum atomic E-state index is -1.54. The highest BCUT2D eigenvalue weighted by Crippen LogP contribution is 2.13. The van der Waals surface area contributed by atoms with Crippen LogP contribution in [0.15, 0.2) is 44.9 Å². The first-order valence-electron chi connectivity index (χ1n) is 32.0. The molecule has 46 heteroatoms. The number of hydrogen-bond donors (Lipinski definition) is 27. The summed E-state index contributed by atoms with van der Waals surface area (Å²) in [5.41, 5.74) is 101. The monoisotopic (exact) mass is 1440 g/mol. The van der Waals surface area contributed by atoms with Crippen LogP contribution in [0.25, 0.3) is 0 Å². The van der Waals surface area contributed by atoms with E-state index < -0.39 is 108 Å². The van der Waals surface area contributed by atoms with E-state index in [4.69, 9.17) is 103 Å². The molecular weight excluding hydrogens is 1330 g/mol. The number of rotatable bonds is 36. The number of amides is 9. The van der Waals surface area contributed by atoms with Crippen molar-refractivity contribution in [2.75, 3.05) is 58.9 Å². The van der Waals surface area contributed by atoms with Crippen LogP contribution in [0.4, 0.5) is 0 Å². The van der Waals surface area contributed by atoms with Gasteiger partial charge in [-0.25, -0.2) is 0 Å². The number of hydrogen-bond acceptors (Lipinski definition) is 18. The van der Waals surface area contributed by atoms with E-state index in [0.29, 0.717) is 0 Å². The summed E-state index contributed by atoms with van der Waals surface area (Å²) in [5, 5.41) is 24.0. The number of nitrogens with one attached hydrogen (secondary N) is 9. The summed E-state index contributed by atoms with van der Waals surface area (Å²) in [6.07, 6.45) is -1.54. The molecule has 1 aliphatic rings. The van der Waals surface area contributed by atoms with Gasteiger partial charge < -0.3 is 151 Å². The lowest BCUT2D eigenvalue weighted by Gasteiger charge is -2.28. The van der Waals surface area contributed by atoms with E-state index in [1.54, 1.807) is 0 Å². The van der Waals surface area contributed by atoms with Crippen LogP contribution in [0.5, 0.6) is 0 Å². The molecule has 1 saturated heterocycles. The normalized spacial score (nSPS) is 20.5. The van der Waals surface area contributed by atoms with Crippen molar-refractivity contribution in [2.45, 2.75) is 170 Å². The van der Waals surface area contributed by atoms with E-state index in [-0.39, 0.29) is 241 Å². The molecule has 45 N–H and O–H groups in total. The van der Waals surface area contributed by atoms with E-state index >= 15 is 0 Å². The molecule has 9 amide bonds. The zero-order chi connectivity index (χ0) is 74.4. The minimum Gasteiger partial charge on any atom is -0.370 e. The Labute approximate surface area is 585 Å². The quantitative estimate of drug-likeness (QED) is 0.0157. The van der Waals surface area contributed by atoms with Gasteiger partial charge in [0.05, 0.1) is 0 Å². The first-order valence-corrected chi connectivity index (χ1v) is 32.0. The molecule has 1 fully saturated rings. The molecule has 0 aliphatic carbocycles. The van der Waals surface area contributed by atoms with E-state index in [1.165, 1.54) is 0 Å².